The number of benzene rings is 1. The molecule has 0 aliphatic carbocycles. The van der Waals surface area contributed by atoms with Gasteiger partial charge >= 0.3 is 0 Å². The predicted octanol–water partition coefficient (Wildman–Crippen LogP) is 1.44. The lowest BCUT2D eigenvalue weighted by molar-refractivity contribution is -0.384. The molecule has 0 unspecified atom stereocenters. The quantitative estimate of drug-likeness (QED) is 0.654. The van der Waals surface area contributed by atoms with Crippen molar-refractivity contribution in [3.8, 4) is 11.3 Å². The van der Waals surface area contributed by atoms with Gasteiger partial charge in [0, 0.05) is 37.8 Å². The van der Waals surface area contributed by atoms with Crippen molar-refractivity contribution in [3.63, 3.8) is 0 Å². The SMILES string of the molecule is O=C(CO)N1CCN(c2ccc([N+](=O)[O-])c(-c3ccc(F)cc3)n2)CC1. The van der Waals surface area contributed by atoms with Crippen molar-refractivity contribution >= 4 is 17.4 Å². The van der Waals surface area contributed by atoms with Crippen molar-refractivity contribution in [3.05, 3.63) is 52.3 Å². The second-order valence-electron chi connectivity index (χ2n) is 5.83. The van der Waals surface area contributed by atoms with Gasteiger partial charge in [-0.2, -0.15) is 0 Å². The zero-order chi connectivity index (χ0) is 18.7. The first-order valence-corrected chi connectivity index (χ1v) is 8.04. The number of amides is 1. The maximum Gasteiger partial charge on any atom is 0.295 e. The summed E-state index contributed by atoms with van der Waals surface area (Å²) in [5, 5.41) is 20.2. The zero-order valence-corrected chi connectivity index (χ0v) is 13.8. The molecule has 2 heterocycles. The van der Waals surface area contributed by atoms with Crippen LogP contribution in [0.5, 0.6) is 0 Å². The largest absolute Gasteiger partial charge is 0.387 e. The number of halogens is 1. The number of aliphatic hydroxyl groups is 1. The van der Waals surface area contributed by atoms with Crippen LogP contribution in [0.4, 0.5) is 15.9 Å². The number of rotatable bonds is 4. The Morgan fingerprint density at radius 1 is 1.15 bits per heavy atom. The second kappa shape index (κ2) is 7.44. The van der Waals surface area contributed by atoms with E-state index in [4.69, 9.17) is 5.11 Å². The van der Waals surface area contributed by atoms with Gasteiger partial charge in [-0.1, -0.05) is 0 Å². The number of hydrogen-bond donors (Lipinski definition) is 1. The Morgan fingerprint density at radius 3 is 2.38 bits per heavy atom. The molecule has 0 spiro atoms. The van der Waals surface area contributed by atoms with Crippen LogP contribution < -0.4 is 4.90 Å². The van der Waals surface area contributed by atoms with Gasteiger partial charge in [0.1, 0.15) is 18.2 Å². The lowest BCUT2D eigenvalue weighted by Gasteiger charge is -2.35. The minimum absolute atomic E-state index is 0.158. The smallest absolute Gasteiger partial charge is 0.295 e. The summed E-state index contributed by atoms with van der Waals surface area (Å²) in [6.45, 7) is 1.34. The molecule has 1 aliphatic heterocycles. The third kappa shape index (κ3) is 3.62. The number of aromatic nitrogens is 1. The maximum atomic E-state index is 13.2. The molecule has 1 saturated heterocycles. The fourth-order valence-corrected chi connectivity index (χ4v) is 2.87. The van der Waals surface area contributed by atoms with Crippen LogP contribution in [-0.2, 0) is 4.79 Å². The predicted molar refractivity (Wildman–Crippen MR) is 92.2 cm³/mol. The molecular weight excluding hydrogens is 343 g/mol. The first kappa shape index (κ1) is 17.7. The van der Waals surface area contributed by atoms with E-state index in [1.807, 2.05) is 4.90 Å². The van der Waals surface area contributed by atoms with E-state index in [0.29, 0.717) is 37.6 Å². The molecule has 3 rings (SSSR count). The van der Waals surface area contributed by atoms with Crippen molar-refractivity contribution < 1.29 is 19.2 Å². The Hall–Kier alpha value is -3.07. The maximum absolute atomic E-state index is 13.2. The summed E-state index contributed by atoms with van der Waals surface area (Å²) in [5.41, 5.74) is 0.463. The van der Waals surface area contributed by atoms with Crippen molar-refractivity contribution in [2.24, 2.45) is 0 Å². The molecule has 1 amide bonds. The van der Waals surface area contributed by atoms with Gasteiger partial charge < -0.3 is 14.9 Å². The number of hydrogen-bond acceptors (Lipinski definition) is 6. The molecule has 1 aliphatic rings. The monoisotopic (exact) mass is 360 g/mol. The number of nitrogens with zero attached hydrogens (tertiary/aromatic N) is 4. The van der Waals surface area contributed by atoms with Crippen LogP contribution in [0.25, 0.3) is 11.3 Å². The summed E-state index contributed by atoms with van der Waals surface area (Å²) in [6, 6.07) is 8.30. The molecule has 136 valence electrons. The van der Waals surface area contributed by atoms with Crippen molar-refractivity contribution in [2.45, 2.75) is 0 Å². The molecule has 1 aromatic heterocycles. The summed E-state index contributed by atoms with van der Waals surface area (Å²) < 4.78 is 13.2. The lowest BCUT2D eigenvalue weighted by Crippen LogP contribution is -2.49. The Morgan fingerprint density at radius 2 is 1.81 bits per heavy atom. The van der Waals surface area contributed by atoms with Gasteiger partial charge in [-0.3, -0.25) is 14.9 Å². The number of anilines is 1. The van der Waals surface area contributed by atoms with E-state index in [0.717, 1.165) is 0 Å². The molecule has 1 fully saturated rings. The minimum Gasteiger partial charge on any atom is -0.387 e. The van der Waals surface area contributed by atoms with Gasteiger partial charge in [0.25, 0.3) is 5.69 Å². The fraction of sp³-hybridized carbons (Fsp3) is 0.294. The van der Waals surface area contributed by atoms with E-state index in [9.17, 15) is 19.3 Å². The van der Waals surface area contributed by atoms with E-state index in [-0.39, 0.29) is 17.3 Å². The van der Waals surface area contributed by atoms with Crippen LogP contribution in [0.15, 0.2) is 36.4 Å². The number of piperazine rings is 1. The minimum atomic E-state index is -0.523. The van der Waals surface area contributed by atoms with Crippen molar-refractivity contribution in [1.29, 1.82) is 0 Å². The molecular formula is C17H17FN4O4. The average Bonchev–Trinajstić information content (AvgIpc) is 2.67. The van der Waals surface area contributed by atoms with Crippen molar-refractivity contribution in [1.82, 2.24) is 9.88 Å². The molecule has 8 nitrogen and oxygen atoms in total. The summed E-state index contributed by atoms with van der Waals surface area (Å²) in [6.07, 6.45) is 0. The normalized spacial score (nSPS) is 14.4. The van der Waals surface area contributed by atoms with Crippen molar-refractivity contribution in [2.75, 3.05) is 37.7 Å². The van der Waals surface area contributed by atoms with E-state index >= 15 is 0 Å². The second-order valence-corrected chi connectivity index (χ2v) is 5.83. The molecule has 26 heavy (non-hydrogen) atoms. The van der Waals surface area contributed by atoms with Crippen LogP contribution in [-0.4, -0.2) is 58.6 Å². The Bertz CT molecular complexity index is 820. The van der Waals surface area contributed by atoms with Gasteiger partial charge in [0.15, 0.2) is 5.69 Å². The molecule has 9 heteroatoms. The van der Waals surface area contributed by atoms with E-state index in [1.165, 1.54) is 30.3 Å². The third-order valence-electron chi connectivity index (χ3n) is 4.27. The van der Waals surface area contributed by atoms with E-state index in [2.05, 4.69) is 4.98 Å². The first-order chi connectivity index (χ1) is 12.5. The Labute approximate surface area is 148 Å². The lowest BCUT2D eigenvalue weighted by atomic mass is 10.1. The van der Waals surface area contributed by atoms with E-state index < -0.39 is 17.3 Å². The summed E-state index contributed by atoms with van der Waals surface area (Å²) in [7, 11) is 0. The standard InChI is InChI=1S/C17H17FN4O4/c18-13-3-1-12(2-4-13)17-14(22(25)26)5-6-15(19-17)20-7-9-21(10-8-20)16(24)11-23/h1-6,23H,7-11H2. The highest BCUT2D eigenvalue weighted by molar-refractivity contribution is 5.77. The number of carbonyl (C=O) groups excluding carboxylic acids is 1. The molecule has 1 aromatic carbocycles. The van der Waals surface area contributed by atoms with Gasteiger partial charge in [-0.25, -0.2) is 9.37 Å². The first-order valence-electron chi connectivity index (χ1n) is 8.04. The zero-order valence-electron chi connectivity index (χ0n) is 13.8. The molecule has 0 atom stereocenters. The highest BCUT2D eigenvalue weighted by Crippen LogP contribution is 2.30. The average molecular weight is 360 g/mol. The fourth-order valence-electron chi connectivity index (χ4n) is 2.87. The summed E-state index contributed by atoms with van der Waals surface area (Å²) >= 11 is 0. The van der Waals surface area contributed by atoms with Crippen LogP contribution >= 0.6 is 0 Å². The van der Waals surface area contributed by atoms with Gasteiger partial charge in [0.05, 0.1) is 4.92 Å². The van der Waals surface area contributed by atoms with Gasteiger partial charge in [-0.05, 0) is 30.3 Å². The summed E-state index contributed by atoms with van der Waals surface area (Å²) in [4.78, 5) is 30.2. The van der Waals surface area contributed by atoms with E-state index in [1.54, 1.807) is 11.0 Å². The van der Waals surface area contributed by atoms with Crippen LogP contribution in [0.2, 0.25) is 0 Å². The third-order valence-corrected chi connectivity index (χ3v) is 4.27. The van der Waals surface area contributed by atoms with Crippen LogP contribution in [0.1, 0.15) is 0 Å². The molecule has 0 radical (unpaired) electrons. The molecule has 0 bridgehead atoms. The Balaban J connectivity index is 1.88. The van der Waals surface area contributed by atoms with Gasteiger partial charge in [0.2, 0.25) is 5.91 Å². The van der Waals surface area contributed by atoms with Gasteiger partial charge in [-0.15, -0.1) is 0 Å². The highest BCUT2D eigenvalue weighted by Gasteiger charge is 2.24. The van der Waals surface area contributed by atoms with Crippen LogP contribution in [0, 0.1) is 15.9 Å². The molecule has 0 saturated carbocycles. The number of pyridine rings is 1. The molecule has 1 N–H and O–H groups in total. The topological polar surface area (TPSA) is 99.8 Å². The summed E-state index contributed by atoms with van der Waals surface area (Å²) in [5.74, 6) is -0.212. The molecule has 2 aromatic rings. The highest BCUT2D eigenvalue weighted by atomic mass is 19.1. The number of carbonyl (C=O) groups is 1. The van der Waals surface area contributed by atoms with Crippen LogP contribution in [0.3, 0.4) is 0 Å². The number of aliphatic hydroxyl groups excluding tert-OH is 1. The Kier molecular flexibility index (Phi) is 5.08. The number of nitro groups is 1.